The Morgan fingerprint density at radius 1 is 1.38 bits per heavy atom. The summed E-state index contributed by atoms with van der Waals surface area (Å²) in [6.07, 6.45) is 1.51. The zero-order chi connectivity index (χ0) is 15.3. The molecule has 2 rings (SSSR count). The highest BCUT2D eigenvalue weighted by atomic mass is 16.5. The number of hydrogen-bond donors (Lipinski definition) is 3. The Hall–Kier alpha value is -2.47. The summed E-state index contributed by atoms with van der Waals surface area (Å²) in [5, 5.41) is 13.2. The van der Waals surface area contributed by atoms with Gasteiger partial charge in [-0.1, -0.05) is 0 Å². The maximum absolute atomic E-state index is 10.3. The monoisotopic (exact) mass is 289 g/mol. The van der Waals surface area contributed by atoms with Gasteiger partial charge in [0.2, 0.25) is 0 Å². The highest BCUT2D eigenvalue weighted by Gasteiger charge is 2.25. The smallest absolute Gasteiger partial charge is 0.193 e. The highest BCUT2D eigenvalue weighted by molar-refractivity contribution is 5.92. The molecule has 0 saturated heterocycles. The van der Waals surface area contributed by atoms with Crippen LogP contribution in [0.3, 0.4) is 0 Å². The first kappa shape index (κ1) is 14.9. The van der Waals surface area contributed by atoms with Crippen molar-refractivity contribution in [3.8, 4) is 5.75 Å². The minimum atomic E-state index is -1.20. The number of nitrogens with two attached hydrogens (primary N) is 1. The minimum absolute atomic E-state index is 0.0928. The maximum atomic E-state index is 10.3. The van der Waals surface area contributed by atoms with Crippen LogP contribution in [0.2, 0.25) is 0 Å². The fourth-order valence-electron chi connectivity index (χ4n) is 1.76. The number of rotatable bonds is 5. The average molecular weight is 289 g/mol. The number of aliphatic hydroxyl groups is 1. The summed E-state index contributed by atoms with van der Waals surface area (Å²) in [5.74, 6) is 1.42. The second kappa shape index (κ2) is 6.32. The van der Waals surface area contributed by atoms with Crippen LogP contribution >= 0.6 is 0 Å². The first-order valence-corrected chi connectivity index (χ1v) is 6.48. The van der Waals surface area contributed by atoms with Gasteiger partial charge in [0.25, 0.3) is 0 Å². The van der Waals surface area contributed by atoms with E-state index >= 15 is 0 Å². The van der Waals surface area contributed by atoms with E-state index < -0.39 is 5.60 Å². The Balaban J connectivity index is 1.97. The van der Waals surface area contributed by atoms with Crippen LogP contribution in [-0.4, -0.2) is 24.7 Å². The van der Waals surface area contributed by atoms with Gasteiger partial charge in [0, 0.05) is 5.69 Å². The van der Waals surface area contributed by atoms with E-state index in [4.69, 9.17) is 14.9 Å². The summed E-state index contributed by atoms with van der Waals surface area (Å²) in [6, 6.07) is 10.7. The maximum Gasteiger partial charge on any atom is 0.193 e. The highest BCUT2D eigenvalue weighted by Crippen LogP contribution is 2.21. The molecule has 0 spiro atoms. The Labute approximate surface area is 123 Å². The van der Waals surface area contributed by atoms with Crippen LogP contribution in [-0.2, 0) is 5.60 Å². The van der Waals surface area contributed by atoms with Gasteiger partial charge >= 0.3 is 0 Å². The van der Waals surface area contributed by atoms with Crippen molar-refractivity contribution in [2.45, 2.75) is 12.5 Å². The van der Waals surface area contributed by atoms with Crippen LogP contribution in [0.4, 0.5) is 5.69 Å². The standard InChI is InChI=1S/C15H19N3O3/c1-15(19,13-4-3-9-21-13)10-17-14(16)18-11-5-7-12(20-2)8-6-11/h3-9,19H,10H2,1-2H3,(H3,16,17,18). The molecule has 1 heterocycles. The van der Waals surface area contributed by atoms with E-state index in [1.54, 1.807) is 26.2 Å². The number of guanidine groups is 1. The van der Waals surface area contributed by atoms with Crippen LogP contribution in [0.25, 0.3) is 0 Å². The summed E-state index contributed by atoms with van der Waals surface area (Å²) in [6.45, 7) is 1.71. The molecule has 1 aromatic carbocycles. The molecular weight excluding hydrogens is 270 g/mol. The Bertz CT molecular complexity index is 589. The predicted octanol–water partition coefficient (Wildman–Crippen LogP) is 1.92. The molecule has 0 aliphatic carbocycles. The normalized spacial score (nSPS) is 14.5. The fourth-order valence-corrected chi connectivity index (χ4v) is 1.76. The topological polar surface area (TPSA) is 93.0 Å². The van der Waals surface area contributed by atoms with Gasteiger partial charge in [0.15, 0.2) is 5.96 Å². The summed E-state index contributed by atoms with van der Waals surface area (Å²) >= 11 is 0. The van der Waals surface area contributed by atoms with E-state index in [0.29, 0.717) is 5.76 Å². The third-order valence-corrected chi connectivity index (χ3v) is 2.97. The van der Waals surface area contributed by atoms with Gasteiger partial charge in [-0.05, 0) is 43.3 Å². The van der Waals surface area contributed by atoms with Crippen LogP contribution in [0.1, 0.15) is 12.7 Å². The fraction of sp³-hybridized carbons (Fsp3) is 0.267. The van der Waals surface area contributed by atoms with Crippen molar-refractivity contribution in [1.82, 2.24) is 0 Å². The molecule has 6 nitrogen and oxygen atoms in total. The van der Waals surface area contributed by atoms with Crippen molar-refractivity contribution in [3.63, 3.8) is 0 Å². The Morgan fingerprint density at radius 3 is 2.67 bits per heavy atom. The molecule has 0 aliphatic rings. The van der Waals surface area contributed by atoms with Gasteiger partial charge in [-0.15, -0.1) is 0 Å². The third-order valence-electron chi connectivity index (χ3n) is 2.97. The number of ether oxygens (including phenoxy) is 1. The SMILES string of the molecule is COc1ccc(NC(N)=NCC(C)(O)c2ccco2)cc1. The van der Waals surface area contributed by atoms with E-state index in [1.807, 2.05) is 24.3 Å². The van der Waals surface area contributed by atoms with Gasteiger partial charge < -0.3 is 25.3 Å². The molecule has 0 aliphatic heterocycles. The van der Waals surface area contributed by atoms with Crippen molar-refractivity contribution >= 4 is 11.6 Å². The number of aliphatic imine (C=N–C) groups is 1. The number of hydrogen-bond acceptors (Lipinski definition) is 4. The van der Waals surface area contributed by atoms with Gasteiger partial charge in [0.05, 0.1) is 19.9 Å². The molecule has 112 valence electrons. The third kappa shape index (κ3) is 4.00. The largest absolute Gasteiger partial charge is 0.497 e. The van der Waals surface area contributed by atoms with Crippen molar-refractivity contribution in [3.05, 3.63) is 48.4 Å². The molecule has 0 radical (unpaired) electrons. The minimum Gasteiger partial charge on any atom is -0.497 e. The van der Waals surface area contributed by atoms with Crippen LogP contribution in [0.15, 0.2) is 52.1 Å². The number of furan rings is 1. The molecular formula is C15H19N3O3. The van der Waals surface area contributed by atoms with Gasteiger partial charge in [0.1, 0.15) is 17.1 Å². The van der Waals surface area contributed by atoms with Crippen molar-refractivity contribution < 1.29 is 14.3 Å². The molecule has 6 heteroatoms. The number of nitrogens with zero attached hydrogens (tertiary/aromatic N) is 1. The second-order valence-corrected chi connectivity index (χ2v) is 4.81. The number of benzene rings is 1. The zero-order valence-corrected chi connectivity index (χ0v) is 12.0. The Morgan fingerprint density at radius 2 is 2.10 bits per heavy atom. The lowest BCUT2D eigenvalue weighted by molar-refractivity contribution is 0.0438. The molecule has 0 saturated carbocycles. The van der Waals surface area contributed by atoms with E-state index in [-0.39, 0.29) is 12.5 Å². The van der Waals surface area contributed by atoms with Crippen LogP contribution < -0.4 is 15.8 Å². The van der Waals surface area contributed by atoms with Gasteiger partial charge in [-0.3, -0.25) is 0 Å². The number of anilines is 1. The molecule has 2 aromatic rings. The van der Waals surface area contributed by atoms with Crippen LogP contribution in [0.5, 0.6) is 5.75 Å². The average Bonchev–Trinajstić information content (AvgIpc) is 3.01. The first-order chi connectivity index (χ1) is 10.0. The van der Waals surface area contributed by atoms with E-state index in [0.717, 1.165) is 11.4 Å². The molecule has 0 bridgehead atoms. The first-order valence-electron chi connectivity index (χ1n) is 6.48. The summed E-state index contributed by atoms with van der Waals surface area (Å²) in [4.78, 5) is 4.13. The zero-order valence-electron chi connectivity index (χ0n) is 12.0. The molecule has 1 aromatic heterocycles. The van der Waals surface area contributed by atoms with Crippen LogP contribution in [0, 0.1) is 0 Å². The molecule has 4 N–H and O–H groups in total. The Kier molecular flexibility index (Phi) is 4.49. The molecule has 0 amide bonds. The lowest BCUT2D eigenvalue weighted by atomic mass is 10.0. The summed E-state index contributed by atoms with van der Waals surface area (Å²) in [5.41, 5.74) is 5.39. The van der Waals surface area contributed by atoms with Crippen molar-refractivity contribution in [2.24, 2.45) is 10.7 Å². The van der Waals surface area contributed by atoms with E-state index in [2.05, 4.69) is 10.3 Å². The molecule has 21 heavy (non-hydrogen) atoms. The molecule has 1 atom stereocenters. The van der Waals surface area contributed by atoms with Gasteiger partial charge in [-0.25, -0.2) is 4.99 Å². The molecule has 1 unspecified atom stereocenters. The number of nitrogens with one attached hydrogen (secondary N) is 1. The lowest BCUT2D eigenvalue weighted by Crippen LogP contribution is -2.29. The lowest BCUT2D eigenvalue weighted by Gasteiger charge is -2.18. The quantitative estimate of drug-likeness (QED) is 0.577. The number of methoxy groups -OCH3 is 1. The van der Waals surface area contributed by atoms with E-state index in [1.165, 1.54) is 6.26 Å². The van der Waals surface area contributed by atoms with Gasteiger partial charge in [-0.2, -0.15) is 0 Å². The predicted molar refractivity (Wildman–Crippen MR) is 81.4 cm³/mol. The second-order valence-electron chi connectivity index (χ2n) is 4.81. The summed E-state index contributed by atoms with van der Waals surface area (Å²) < 4.78 is 10.3. The summed E-state index contributed by atoms with van der Waals surface area (Å²) in [7, 11) is 1.61. The molecule has 0 fully saturated rings. The van der Waals surface area contributed by atoms with Crippen molar-refractivity contribution in [2.75, 3.05) is 19.0 Å². The van der Waals surface area contributed by atoms with Crippen molar-refractivity contribution in [1.29, 1.82) is 0 Å². The van der Waals surface area contributed by atoms with E-state index in [9.17, 15) is 5.11 Å².